The van der Waals surface area contributed by atoms with Crippen LogP contribution in [-0.4, -0.2) is 28.8 Å². The highest BCUT2D eigenvalue weighted by molar-refractivity contribution is 9.10. The van der Waals surface area contributed by atoms with Gasteiger partial charge >= 0.3 is 0 Å². The van der Waals surface area contributed by atoms with E-state index >= 15 is 0 Å². The third-order valence-corrected chi connectivity index (χ3v) is 3.30. The number of hydrogen-bond acceptors (Lipinski definition) is 4. The molecule has 0 aliphatic rings. The van der Waals surface area contributed by atoms with Crippen LogP contribution in [0.5, 0.6) is 0 Å². The summed E-state index contributed by atoms with van der Waals surface area (Å²) in [6.45, 7) is 1.02. The van der Waals surface area contributed by atoms with Gasteiger partial charge < -0.3 is 9.84 Å². The van der Waals surface area contributed by atoms with Crippen molar-refractivity contribution in [1.29, 1.82) is 0 Å². The van der Waals surface area contributed by atoms with E-state index in [1.165, 1.54) is 0 Å². The molecule has 7 heteroatoms. The van der Waals surface area contributed by atoms with Crippen LogP contribution in [0.15, 0.2) is 33.3 Å². The fourth-order valence-corrected chi connectivity index (χ4v) is 1.94. The van der Waals surface area contributed by atoms with Gasteiger partial charge in [0.1, 0.15) is 6.67 Å². The first kappa shape index (κ1) is 15.6. The van der Waals surface area contributed by atoms with Crippen molar-refractivity contribution in [3.63, 3.8) is 0 Å². The Labute approximate surface area is 130 Å². The van der Waals surface area contributed by atoms with Crippen molar-refractivity contribution < 1.29 is 13.7 Å². The molecule has 2 rings (SSSR count). The third kappa shape index (κ3) is 4.63. The van der Waals surface area contributed by atoms with E-state index in [2.05, 4.69) is 31.4 Å². The summed E-state index contributed by atoms with van der Waals surface area (Å²) in [6.07, 6.45) is 0.515. The zero-order valence-corrected chi connectivity index (χ0v) is 13.1. The van der Waals surface area contributed by atoms with Gasteiger partial charge in [0.15, 0.2) is 0 Å². The molecule has 1 unspecified atom stereocenters. The van der Waals surface area contributed by atoms with Crippen LogP contribution in [0.3, 0.4) is 0 Å². The highest BCUT2D eigenvalue weighted by Crippen LogP contribution is 2.19. The molecule has 0 radical (unpaired) electrons. The van der Waals surface area contributed by atoms with E-state index in [4.69, 9.17) is 4.52 Å². The maximum atomic E-state index is 12.3. The number of carbonyl (C=O) groups excluding carboxylic acids is 1. The van der Waals surface area contributed by atoms with Crippen LogP contribution in [0.1, 0.15) is 19.2 Å². The molecule has 2 aromatic rings. The van der Waals surface area contributed by atoms with Gasteiger partial charge in [-0.25, -0.2) is 4.39 Å². The fourth-order valence-electron chi connectivity index (χ4n) is 1.68. The van der Waals surface area contributed by atoms with E-state index in [-0.39, 0.29) is 12.3 Å². The number of carbonyl (C=O) groups is 1. The number of rotatable bonds is 6. The summed E-state index contributed by atoms with van der Waals surface area (Å²) in [5.74, 6) is 0.634. The molecule has 1 atom stereocenters. The zero-order chi connectivity index (χ0) is 15.2. The SMILES string of the molecule is CC(CF)NC(=O)CCc1nc(-c2ccc(Br)cc2)no1. The number of nitrogens with zero attached hydrogens (tertiary/aromatic N) is 2. The number of alkyl halides is 1. The minimum atomic E-state index is -0.583. The van der Waals surface area contributed by atoms with Crippen LogP contribution >= 0.6 is 15.9 Å². The minimum Gasteiger partial charge on any atom is -0.351 e. The molecule has 1 aromatic heterocycles. The highest BCUT2D eigenvalue weighted by atomic mass is 79.9. The van der Waals surface area contributed by atoms with Crippen molar-refractivity contribution >= 4 is 21.8 Å². The van der Waals surface area contributed by atoms with Gasteiger partial charge in [-0.1, -0.05) is 21.1 Å². The largest absolute Gasteiger partial charge is 0.351 e. The predicted octanol–water partition coefficient (Wildman–Crippen LogP) is 2.91. The molecule has 0 fully saturated rings. The Bertz CT molecular complexity index is 601. The van der Waals surface area contributed by atoms with E-state index < -0.39 is 12.7 Å². The molecule has 0 saturated carbocycles. The molecule has 0 bridgehead atoms. The Morgan fingerprint density at radius 1 is 1.43 bits per heavy atom. The van der Waals surface area contributed by atoms with Crippen molar-refractivity contribution in [2.45, 2.75) is 25.8 Å². The first-order valence-corrected chi connectivity index (χ1v) is 7.31. The van der Waals surface area contributed by atoms with E-state index in [1.807, 2.05) is 24.3 Å². The minimum absolute atomic E-state index is 0.187. The summed E-state index contributed by atoms with van der Waals surface area (Å²) in [6, 6.07) is 7.04. The summed E-state index contributed by atoms with van der Waals surface area (Å²) in [5.41, 5.74) is 0.837. The van der Waals surface area contributed by atoms with Gasteiger partial charge in [0.2, 0.25) is 17.6 Å². The molecule has 0 spiro atoms. The number of halogens is 2. The van der Waals surface area contributed by atoms with Gasteiger partial charge in [-0.3, -0.25) is 4.79 Å². The number of nitrogens with one attached hydrogen (secondary N) is 1. The average molecular weight is 356 g/mol. The molecule has 21 heavy (non-hydrogen) atoms. The second-order valence-corrected chi connectivity index (χ2v) is 5.56. The second-order valence-electron chi connectivity index (χ2n) is 4.64. The van der Waals surface area contributed by atoms with Gasteiger partial charge in [-0.15, -0.1) is 0 Å². The molecule has 5 nitrogen and oxygen atoms in total. The summed E-state index contributed by atoms with van der Waals surface area (Å²) < 4.78 is 18.3. The molecular weight excluding hydrogens is 341 g/mol. The van der Waals surface area contributed by atoms with Crippen LogP contribution in [0.2, 0.25) is 0 Å². The number of aromatic nitrogens is 2. The maximum absolute atomic E-state index is 12.3. The van der Waals surface area contributed by atoms with Crippen molar-refractivity contribution in [2.75, 3.05) is 6.67 Å². The monoisotopic (exact) mass is 355 g/mol. The Balaban J connectivity index is 1.91. The molecule has 0 aliphatic carbocycles. The number of hydrogen-bond donors (Lipinski definition) is 1. The van der Waals surface area contributed by atoms with Crippen molar-refractivity contribution in [2.24, 2.45) is 0 Å². The Morgan fingerprint density at radius 3 is 2.81 bits per heavy atom. The quantitative estimate of drug-likeness (QED) is 0.864. The maximum Gasteiger partial charge on any atom is 0.227 e. The lowest BCUT2D eigenvalue weighted by Crippen LogP contribution is -2.34. The van der Waals surface area contributed by atoms with Gasteiger partial charge in [-0.2, -0.15) is 4.98 Å². The lowest BCUT2D eigenvalue weighted by Gasteiger charge is -2.08. The molecule has 1 heterocycles. The third-order valence-electron chi connectivity index (χ3n) is 2.78. The van der Waals surface area contributed by atoms with Crippen molar-refractivity contribution in [3.8, 4) is 11.4 Å². The van der Waals surface area contributed by atoms with E-state index in [9.17, 15) is 9.18 Å². The summed E-state index contributed by atoms with van der Waals surface area (Å²) >= 11 is 3.35. The van der Waals surface area contributed by atoms with Crippen LogP contribution in [0.25, 0.3) is 11.4 Å². The Morgan fingerprint density at radius 2 is 2.14 bits per heavy atom. The molecular formula is C14H15BrFN3O2. The fraction of sp³-hybridized carbons (Fsp3) is 0.357. The van der Waals surface area contributed by atoms with Crippen molar-refractivity contribution in [1.82, 2.24) is 15.5 Å². The molecule has 112 valence electrons. The molecule has 1 amide bonds. The predicted molar refractivity (Wildman–Crippen MR) is 79.3 cm³/mol. The number of amides is 1. The molecule has 0 saturated heterocycles. The lowest BCUT2D eigenvalue weighted by molar-refractivity contribution is -0.121. The van der Waals surface area contributed by atoms with E-state index in [0.717, 1.165) is 10.0 Å². The van der Waals surface area contributed by atoms with Crippen molar-refractivity contribution in [3.05, 3.63) is 34.6 Å². The van der Waals surface area contributed by atoms with Gasteiger partial charge in [0.05, 0.1) is 6.04 Å². The van der Waals surface area contributed by atoms with Crippen LogP contribution in [0.4, 0.5) is 4.39 Å². The van der Waals surface area contributed by atoms with E-state index in [0.29, 0.717) is 18.1 Å². The summed E-state index contributed by atoms with van der Waals surface area (Å²) in [5, 5.41) is 6.41. The second kappa shape index (κ2) is 7.31. The van der Waals surface area contributed by atoms with Crippen LogP contribution in [-0.2, 0) is 11.2 Å². The summed E-state index contributed by atoms with van der Waals surface area (Å²) in [7, 11) is 0. The van der Waals surface area contributed by atoms with Gasteiger partial charge in [0, 0.05) is 22.9 Å². The van der Waals surface area contributed by atoms with Crippen LogP contribution in [0, 0.1) is 0 Å². The first-order valence-electron chi connectivity index (χ1n) is 6.52. The summed E-state index contributed by atoms with van der Waals surface area (Å²) in [4.78, 5) is 15.8. The Hall–Kier alpha value is -1.76. The van der Waals surface area contributed by atoms with Crippen LogP contribution < -0.4 is 5.32 Å². The zero-order valence-electron chi connectivity index (χ0n) is 11.5. The highest BCUT2D eigenvalue weighted by Gasteiger charge is 2.12. The van der Waals surface area contributed by atoms with E-state index in [1.54, 1.807) is 6.92 Å². The number of aryl methyl sites for hydroxylation is 1. The number of benzene rings is 1. The topological polar surface area (TPSA) is 68.0 Å². The lowest BCUT2D eigenvalue weighted by atomic mass is 10.2. The normalized spacial score (nSPS) is 12.1. The molecule has 0 aliphatic heterocycles. The smallest absolute Gasteiger partial charge is 0.227 e. The standard InChI is InChI=1S/C14H15BrFN3O2/c1-9(8-16)17-12(20)6-7-13-18-14(19-21-13)10-2-4-11(15)5-3-10/h2-5,9H,6-8H2,1H3,(H,17,20). The molecule has 1 aromatic carbocycles. The first-order chi connectivity index (χ1) is 10.1. The molecule has 1 N–H and O–H groups in total. The van der Waals surface area contributed by atoms with Gasteiger partial charge in [-0.05, 0) is 31.2 Å². The Kier molecular flexibility index (Phi) is 5.44. The average Bonchev–Trinajstić information content (AvgIpc) is 2.94. The van der Waals surface area contributed by atoms with Gasteiger partial charge in [0.25, 0.3) is 0 Å².